The summed E-state index contributed by atoms with van der Waals surface area (Å²) in [6, 6.07) is 0. The SMILES string of the molecule is N.O.[AlH3].[Cr]. The van der Waals surface area contributed by atoms with Crippen molar-refractivity contribution in [2.45, 2.75) is 0 Å². The van der Waals surface area contributed by atoms with Crippen molar-refractivity contribution in [3.63, 3.8) is 0 Å². The van der Waals surface area contributed by atoms with Crippen LogP contribution in [0.5, 0.6) is 0 Å². The van der Waals surface area contributed by atoms with Crippen LogP contribution in [0.3, 0.4) is 0 Å². The molecule has 0 amide bonds. The van der Waals surface area contributed by atoms with Crippen molar-refractivity contribution < 1.29 is 22.8 Å². The van der Waals surface area contributed by atoms with Crippen LogP contribution in [0.25, 0.3) is 0 Å². The van der Waals surface area contributed by atoms with E-state index in [2.05, 4.69) is 0 Å². The van der Waals surface area contributed by atoms with Gasteiger partial charge >= 0.3 is 0 Å². The summed E-state index contributed by atoms with van der Waals surface area (Å²) in [5.41, 5.74) is 0. The Kier molecular flexibility index (Phi) is 747. The first kappa shape index (κ1) is 81.6. The third-order valence-corrected chi connectivity index (χ3v) is 0. The fourth-order valence-corrected chi connectivity index (χ4v) is 0. The molecule has 28 valence electrons. The van der Waals surface area contributed by atoms with Gasteiger partial charge in [0.15, 0.2) is 17.4 Å². The molecular formula is H8AlCrNO. The van der Waals surface area contributed by atoms with Gasteiger partial charge in [-0.2, -0.15) is 0 Å². The van der Waals surface area contributed by atoms with Crippen LogP contribution in [0.15, 0.2) is 0 Å². The van der Waals surface area contributed by atoms with Gasteiger partial charge in [0, 0.05) is 17.4 Å². The van der Waals surface area contributed by atoms with Gasteiger partial charge in [0.25, 0.3) is 0 Å². The third kappa shape index (κ3) is 12.1. The minimum Gasteiger partial charge on any atom is -0.412 e. The standard InChI is InChI=1S/Al.Cr.H3N.H2O.3H/h;;1H3;1H2;;;. The quantitative estimate of drug-likeness (QED) is 0.372. The summed E-state index contributed by atoms with van der Waals surface area (Å²) in [6.07, 6.45) is 0. The maximum atomic E-state index is 0. The van der Waals surface area contributed by atoms with Crippen molar-refractivity contribution in [1.29, 1.82) is 0 Å². The maximum absolute atomic E-state index is 0. The van der Waals surface area contributed by atoms with E-state index in [-0.39, 0.29) is 46.3 Å². The maximum Gasteiger partial charge on any atom is 0.187 e. The largest absolute Gasteiger partial charge is 0.412 e. The summed E-state index contributed by atoms with van der Waals surface area (Å²) in [4.78, 5) is 0. The molecule has 0 radical (unpaired) electrons. The van der Waals surface area contributed by atoms with Crippen LogP contribution in [0.2, 0.25) is 0 Å². The van der Waals surface area contributed by atoms with Crippen molar-refractivity contribution in [2.24, 2.45) is 0 Å². The molecule has 0 spiro atoms. The monoisotopic (exact) mass is 117 g/mol. The van der Waals surface area contributed by atoms with E-state index in [1.807, 2.05) is 0 Å². The zero-order valence-electron chi connectivity index (χ0n) is 1.62. The molecule has 0 aliphatic heterocycles. The van der Waals surface area contributed by atoms with E-state index < -0.39 is 0 Å². The van der Waals surface area contributed by atoms with Crippen LogP contribution in [-0.2, 0) is 17.4 Å². The second kappa shape index (κ2) is 36.6. The molecule has 0 aromatic rings. The second-order valence-electron chi connectivity index (χ2n) is 0. The van der Waals surface area contributed by atoms with Crippen molar-refractivity contribution >= 4 is 17.4 Å². The van der Waals surface area contributed by atoms with Gasteiger partial charge in [0.1, 0.15) is 0 Å². The van der Waals surface area contributed by atoms with Gasteiger partial charge in [-0.05, 0) is 0 Å². The fourth-order valence-electron chi connectivity index (χ4n) is 0. The van der Waals surface area contributed by atoms with E-state index in [1.165, 1.54) is 0 Å². The molecular weight excluding hydrogens is 109 g/mol. The van der Waals surface area contributed by atoms with Gasteiger partial charge in [0.2, 0.25) is 0 Å². The van der Waals surface area contributed by atoms with E-state index in [0.29, 0.717) is 0 Å². The number of rotatable bonds is 0. The first-order chi connectivity index (χ1) is 0. The van der Waals surface area contributed by atoms with E-state index in [0.717, 1.165) is 0 Å². The zero-order valence-corrected chi connectivity index (χ0v) is 2.89. The normalized spacial score (nSPS) is 0. The van der Waals surface area contributed by atoms with Crippen LogP contribution >= 0.6 is 0 Å². The van der Waals surface area contributed by atoms with Crippen molar-refractivity contribution in [1.82, 2.24) is 6.15 Å². The molecule has 0 aliphatic carbocycles. The molecule has 2 nitrogen and oxygen atoms in total. The molecule has 0 rings (SSSR count). The van der Waals surface area contributed by atoms with Crippen LogP contribution < -0.4 is 6.15 Å². The van der Waals surface area contributed by atoms with E-state index in [4.69, 9.17) is 0 Å². The fraction of sp³-hybridized carbons (Fsp3) is 0. The van der Waals surface area contributed by atoms with Gasteiger partial charge in [0.05, 0.1) is 0 Å². The molecule has 4 heavy (non-hydrogen) atoms. The number of hydrogen-bond donors (Lipinski definition) is 1. The smallest absolute Gasteiger partial charge is 0.187 e. The van der Waals surface area contributed by atoms with E-state index in [9.17, 15) is 0 Å². The topological polar surface area (TPSA) is 66.5 Å². The summed E-state index contributed by atoms with van der Waals surface area (Å²) >= 11 is 0. The van der Waals surface area contributed by atoms with Gasteiger partial charge in [-0.25, -0.2) is 0 Å². The molecule has 5 N–H and O–H groups in total. The predicted molar refractivity (Wildman–Crippen MR) is 18.6 cm³/mol. The molecule has 0 saturated heterocycles. The summed E-state index contributed by atoms with van der Waals surface area (Å²) in [5.74, 6) is 0. The van der Waals surface area contributed by atoms with Gasteiger partial charge < -0.3 is 11.6 Å². The Balaban J connectivity index is 0. The Hall–Kier alpha value is 0.985. The van der Waals surface area contributed by atoms with Crippen LogP contribution in [-0.4, -0.2) is 22.8 Å². The summed E-state index contributed by atoms with van der Waals surface area (Å²) in [5, 5.41) is 0. The molecule has 0 aromatic carbocycles. The second-order valence-corrected chi connectivity index (χ2v) is 0. The van der Waals surface area contributed by atoms with E-state index in [1.54, 1.807) is 0 Å². The van der Waals surface area contributed by atoms with Crippen molar-refractivity contribution in [3.8, 4) is 0 Å². The molecule has 0 heterocycles. The Labute approximate surface area is 46.7 Å². The first-order valence-corrected chi connectivity index (χ1v) is 0. The Morgan fingerprint density at radius 2 is 1.00 bits per heavy atom. The Morgan fingerprint density at radius 3 is 1.00 bits per heavy atom. The van der Waals surface area contributed by atoms with Gasteiger partial charge in [-0.15, -0.1) is 0 Å². The Morgan fingerprint density at radius 1 is 1.00 bits per heavy atom. The van der Waals surface area contributed by atoms with Gasteiger partial charge in [-0.3, -0.25) is 0 Å². The molecule has 0 aliphatic rings. The molecule has 0 aromatic heterocycles. The molecule has 0 fully saturated rings. The third-order valence-electron chi connectivity index (χ3n) is 0. The Bertz CT molecular complexity index is 8.00. The first-order valence-electron chi connectivity index (χ1n) is 0. The summed E-state index contributed by atoms with van der Waals surface area (Å²) in [6.45, 7) is 0. The van der Waals surface area contributed by atoms with Crippen molar-refractivity contribution in [3.05, 3.63) is 0 Å². The van der Waals surface area contributed by atoms with Gasteiger partial charge in [-0.1, -0.05) is 0 Å². The average Bonchev–Trinajstić information content (AvgIpc) is 0. The summed E-state index contributed by atoms with van der Waals surface area (Å²) < 4.78 is 0. The van der Waals surface area contributed by atoms with Crippen molar-refractivity contribution in [2.75, 3.05) is 0 Å². The molecule has 0 saturated carbocycles. The molecule has 0 unspecified atom stereocenters. The molecule has 0 atom stereocenters. The van der Waals surface area contributed by atoms with E-state index >= 15 is 0 Å². The zero-order chi connectivity index (χ0) is 0. The minimum atomic E-state index is 0. The van der Waals surface area contributed by atoms with Crippen LogP contribution in [0.4, 0.5) is 0 Å². The average molecular weight is 117 g/mol. The molecule has 0 bridgehead atoms. The number of hydrogen-bond acceptors (Lipinski definition) is 1. The minimum absolute atomic E-state index is 0. The van der Waals surface area contributed by atoms with Crippen LogP contribution in [0, 0.1) is 0 Å². The summed E-state index contributed by atoms with van der Waals surface area (Å²) in [7, 11) is 0. The molecule has 4 heteroatoms. The van der Waals surface area contributed by atoms with Crippen LogP contribution in [0.1, 0.15) is 0 Å². The predicted octanol–water partition coefficient (Wildman–Crippen LogP) is -1.85.